The highest BCUT2D eigenvalue weighted by Gasteiger charge is 2.19. The highest BCUT2D eigenvalue weighted by molar-refractivity contribution is 5.71. The third-order valence-electron chi connectivity index (χ3n) is 14.2. The molecule has 0 aliphatic rings. The number of rotatable bonds is 59. The molecule has 0 saturated carbocycles. The first-order valence-electron chi connectivity index (χ1n) is 32.4. The van der Waals surface area contributed by atoms with Gasteiger partial charge in [-0.1, -0.05) is 267 Å². The van der Waals surface area contributed by atoms with Crippen LogP contribution in [0.25, 0.3) is 0 Å². The number of allylic oxidation sites excluding steroid dienone is 12. The zero-order chi connectivity index (χ0) is 54.3. The maximum atomic E-state index is 12.9. The Morgan fingerprint density at radius 2 is 0.480 bits per heavy atom. The second kappa shape index (κ2) is 63.4. The molecule has 1 atom stereocenters. The zero-order valence-electron chi connectivity index (χ0n) is 49.8. The van der Waals surface area contributed by atoms with Crippen LogP contribution in [0.4, 0.5) is 0 Å². The van der Waals surface area contributed by atoms with Gasteiger partial charge in [0.25, 0.3) is 0 Å². The van der Waals surface area contributed by atoms with Gasteiger partial charge >= 0.3 is 17.9 Å². The number of esters is 3. The van der Waals surface area contributed by atoms with Gasteiger partial charge in [-0.25, -0.2) is 0 Å². The summed E-state index contributed by atoms with van der Waals surface area (Å²) >= 11 is 0. The molecule has 0 aromatic rings. The van der Waals surface area contributed by atoms with Gasteiger partial charge in [0.2, 0.25) is 0 Å². The number of hydrogen-bond acceptors (Lipinski definition) is 6. The van der Waals surface area contributed by atoms with E-state index in [0.29, 0.717) is 19.3 Å². The van der Waals surface area contributed by atoms with Crippen LogP contribution in [0, 0.1) is 0 Å². The lowest BCUT2D eigenvalue weighted by atomic mass is 10.0. The van der Waals surface area contributed by atoms with Gasteiger partial charge < -0.3 is 14.2 Å². The largest absolute Gasteiger partial charge is 0.462 e. The van der Waals surface area contributed by atoms with Crippen molar-refractivity contribution >= 4 is 17.9 Å². The summed E-state index contributed by atoms with van der Waals surface area (Å²) in [5, 5.41) is 0. The van der Waals surface area contributed by atoms with Gasteiger partial charge in [-0.15, -0.1) is 0 Å². The summed E-state index contributed by atoms with van der Waals surface area (Å²) in [5.74, 6) is -0.892. The van der Waals surface area contributed by atoms with Gasteiger partial charge in [0.15, 0.2) is 6.10 Å². The average Bonchev–Trinajstić information content (AvgIpc) is 3.41. The number of carbonyl (C=O) groups excluding carboxylic acids is 3. The summed E-state index contributed by atoms with van der Waals surface area (Å²) in [6.45, 7) is 6.61. The fourth-order valence-corrected chi connectivity index (χ4v) is 9.24. The molecule has 0 aliphatic carbocycles. The minimum Gasteiger partial charge on any atom is -0.462 e. The van der Waals surface area contributed by atoms with E-state index < -0.39 is 6.10 Å². The Bertz CT molecular complexity index is 1390. The van der Waals surface area contributed by atoms with Gasteiger partial charge in [0.05, 0.1) is 0 Å². The highest BCUT2D eigenvalue weighted by Crippen LogP contribution is 2.16. The van der Waals surface area contributed by atoms with E-state index in [-0.39, 0.29) is 31.1 Å². The molecule has 6 heteroatoms. The average molecular weight is 1050 g/mol. The molecular formula is C69H122O6. The van der Waals surface area contributed by atoms with Crippen molar-refractivity contribution in [1.82, 2.24) is 0 Å². The molecule has 0 fully saturated rings. The van der Waals surface area contributed by atoms with Crippen LogP contribution in [0.5, 0.6) is 0 Å². The minimum absolute atomic E-state index is 0.0830. The second-order valence-corrected chi connectivity index (χ2v) is 21.7. The molecule has 0 N–H and O–H groups in total. The smallest absolute Gasteiger partial charge is 0.306 e. The monoisotopic (exact) mass is 1050 g/mol. The summed E-state index contributed by atoms with van der Waals surface area (Å²) < 4.78 is 16.9. The van der Waals surface area contributed by atoms with E-state index in [1.165, 1.54) is 193 Å². The Labute approximate surface area is 465 Å². The molecule has 0 aromatic carbocycles. The van der Waals surface area contributed by atoms with E-state index in [9.17, 15) is 14.4 Å². The molecule has 0 spiro atoms. The SMILES string of the molecule is CCCCCC/C=C\C/C=C\CCCCCCCCCC(=O)OC(COC(=O)CCCCCCC/C=C\C/C=C\CCCCCC)COC(=O)CCCCCCCCCCCCC/C=C\C/C=C\CCCCCCC. The number of ether oxygens (including phenoxy) is 3. The van der Waals surface area contributed by atoms with Crippen LogP contribution >= 0.6 is 0 Å². The number of unbranched alkanes of at least 4 members (excludes halogenated alkanes) is 36. The van der Waals surface area contributed by atoms with Crippen molar-refractivity contribution in [2.45, 2.75) is 335 Å². The lowest BCUT2D eigenvalue weighted by Crippen LogP contribution is -2.30. The van der Waals surface area contributed by atoms with Gasteiger partial charge in [0, 0.05) is 19.3 Å². The maximum Gasteiger partial charge on any atom is 0.306 e. The van der Waals surface area contributed by atoms with Gasteiger partial charge in [-0.2, -0.15) is 0 Å². The highest BCUT2D eigenvalue weighted by atomic mass is 16.6. The van der Waals surface area contributed by atoms with Crippen LogP contribution in [0.3, 0.4) is 0 Å². The summed E-state index contributed by atoms with van der Waals surface area (Å²) in [6, 6.07) is 0. The van der Waals surface area contributed by atoms with Gasteiger partial charge in [0.1, 0.15) is 13.2 Å². The molecule has 434 valence electrons. The van der Waals surface area contributed by atoms with Crippen LogP contribution in [0.2, 0.25) is 0 Å². The molecule has 0 radical (unpaired) electrons. The topological polar surface area (TPSA) is 78.9 Å². The van der Waals surface area contributed by atoms with Crippen molar-refractivity contribution in [3.8, 4) is 0 Å². The van der Waals surface area contributed by atoms with Crippen molar-refractivity contribution in [2.75, 3.05) is 13.2 Å². The maximum absolute atomic E-state index is 12.9. The first-order valence-corrected chi connectivity index (χ1v) is 32.4. The summed E-state index contributed by atoms with van der Waals surface area (Å²) in [4.78, 5) is 38.3. The predicted molar refractivity (Wildman–Crippen MR) is 325 cm³/mol. The quantitative estimate of drug-likeness (QED) is 0.0261. The minimum atomic E-state index is -0.788. The van der Waals surface area contributed by atoms with Crippen LogP contribution in [0.15, 0.2) is 72.9 Å². The molecule has 0 aliphatic heterocycles. The third-order valence-corrected chi connectivity index (χ3v) is 14.2. The van der Waals surface area contributed by atoms with E-state index in [4.69, 9.17) is 14.2 Å². The van der Waals surface area contributed by atoms with E-state index in [0.717, 1.165) is 96.3 Å². The molecular weight excluding hydrogens is 925 g/mol. The summed E-state index contributed by atoms with van der Waals surface area (Å²) in [6.07, 6.45) is 81.8. The standard InChI is InChI=1S/C69H122O6/c1-4-7-10-13-16-19-22-25-28-31-33-34-35-36-37-39-41-44-47-50-53-56-59-62-68(71)74-65-66(64-73-67(70)61-58-55-52-49-46-43-40-30-27-24-21-18-15-12-9-6-3)75-69(72)63-60-57-54-51-48-45-42-38-32-29-26-23-20-17-14-11-8-5-2/h20-25,29-33,40,66H,4-19,26-28,34-39,41-65H2,1-3H3/b23-20-,24-21-,25-22-,32-29-,33-31-,40-30-. The molecule has 0 amide bonds. The number of hydrogen-bond donors (Lipinski definition) is 0. The van der Waals surface area contributed by atoms with E-state index in [2.05, 4.69) is 93.7 Å². The van der Waals surface area contributed by atoms with Gasteiger partial charge in [-0.05, 0) is 116 Å². The Kier molecular flexibility index (Phi) is 60.7. The molecule has 75 heavy (non-hydrogen) atoms. The molecule has 0 bridgehead atoms. The Morgan fingerprint density at radius 1 is 0.267 bits per heavy atom. The second-order valence-electron chi connectivity index (χ2n) is 21.7. The molecule has 0 rings (SSSR count). The third kappa shape index (κ3) is 61.6. The lowest BCUT2D eigenvalue weighted by molar-refractivity contribution is -0.167. The normalized spacial score (nSPS) is 12.5. The Hall–Kier alpha value is -3.15. The van der Waals surface area contributed by atoms with Crippen LogP contribution in [0.1, 0.15) is 329 Å². The van der Waals surface area contributed by atoms with Crippen molar-refractivity contribution in [1.29, 1.82) is 0 Å². The fourth-order valence-electron chi connectivity index (χ4n) is 9.24. The predicted octanol–water partition coefficient (Wildman–Crippen LogP) is 22.1. The first kappa shape index (κ1) is 71.8. The van der Waals surface area contributed by atoms with Gasteiger partial charge in [-0.3, -0.25) is 14.4 Å². The van der Waals surface area contributed by atoms with Crippen LogP contribution in [-0.4, -0.2) is 37.2 Å². The van der Waals surface area contributed by atoms with Crippen molar-refractivity contribution < 1.29 is 28.6 Å². The van der Waals surface area contributed by atoms with Crippen molar-refractivity contribution in [3.05, 3.63) is 72.9 Å². The molecule has 1 unspecified atom stereocenters. The van der Waals surface area contributed by atoms with Crippen LogP contribution in [-0.2, 0) is 28.6 Å². The van der Waals surface area contributed by atoms with Crippen molar-refractivity contribution in [2.24, 2.45) is 0 Å². The molecule has 0 aromatic heterocycles. The van der Waals surface area contributed by atoms with E-state index >= 15 is 0 Å². The number of carbonyl (C=O) groups is 3. The van der Waals surface area contributed by atoms with Crippen molar-refractivity contribution in [3.63, 3.8) is 0 Å². The zero-order valence-corrected chi connectivity index (χ0v) is 49.8. The Morgan fingerprint density at radius 3 is 0.747 bits per heavy atom. The molecule has 6 nitrogen and oxygen atoms in total. The van der Waals surface area contributed by atoms with Crippen LogP contribution < -0.4 is 0 Å². The molecule has 0 heterocycles. The molecule has 0 saturated heterocycles. The Balaban J connectivity index is 4.37. The lowest BCUT2D eigenvalue weighted by Gasteiger charge is -2.18. The van der Waals surface area contributed by atoms with E-state index in [1.54, 1.807) is 0 Å². The summed E-state index contributed by atoms with van der Waals surface area (Å²) in [7, 11) is 0. The van der Waals surface area contributed by atoms with E-state index in [1.807, 2.05) is 0 Å². The first-order chi connectivity index (χ1) is 37.0. The fraction of sp³-hybridized carbons (Fsp3) is 0.783. The summed E-state index contributed by atoms with van der Waals surface area (Å²) in [5.41, 5.74) is 0.